The molecule has 20 heavy (non-hydrogen) atoms. The molecule has 5 heteroatoms. The lowest BCUT2D eigenvalue weighted by molar-refractivity contribution is 0.104. The predicted octanol–water partition coefficient (Wildman–Crippen LogP) is 5.58. The quantitative estimate of drug-likeness (QED) is 0.562. The molecule has 0 spiro atoms. The molecule has 1 nitrogen and oxygen atoms in total. The first-order valence-electron chi connectivity index (χ1n) is 5.73. The van der Waals surface area contributed by atoms with E-state index in [9.17, 15) is 9.18 Å². The molecule has 0 saturated carbocycles. The Morgan fingerprint density at radius 3 is 2.60 bits per heavy atom. The van der Waals surface area contributed by atoms with Crippen LogP contribution in [0, 0.1) is 5.82 Å². The summed E-state index contributed by atoms with van der Waals surface area (Å²) >= 11 is 13.1. The summed E-state index contributed by atoms with van der Waals surface area (Å²) in [4.78, 5) is 12.9. The fourth-order valence-electron chi connectivity index (χ4n) is 1.92. The molecule has 0 unspecified atom stereocenters. The molecule has 3 aromatic rings. The third kappa shape index (κ3) is 2.44. The zero-order valence-corrected chi connectivity index (χ0v) is 12.3. The van der Waals surface area contributed by atoms with Crippen molar-refractivity contribution in [1.29, 1.82) is 0 Å². The van der Waals surface area contributed by atoms with Crippen LogP contribution in [0.2, 0.25) is 10.0 Å². The van der Waals surface area contributed by atoms with E-state index in [1.807, 2.05) is 0 Å². The number of hydrogen-bond donors (Lipinski definition) is 0. The first-order valence-corrected chi connectivity index (χ1v) is 7.31. The summed E-state index contributed by atoms with van der Waals surface area (Å²) < 4.78 is 13.9. The maximum absolute atomic E-state index is 13.2. The van der Waals surface area contributed by atoms with Gasteiger partial charge in [-0.05, 0) is 41.8 Å². The fraction of sp³-hybridized carbons (Fsp3) is 0. The van der Waals surface area contributed by atoms with E-state index in [1.54, 1.807) is 24.3 Å². The Kier molecular flexibility index (Phi) is 3.50. The normalized spacial score (nSPS) is 10.9. The second kappa shape index (κ2) is 5.17. The largest absolute Gasteiger partial charge is 0.288 e. The van der Waals surface area contributed by atoms with Crippen LogP contribution in [0.4, 0.5) is 4.39 Å². The maximum atomic E-state index is 13.2. The van der Waals surface area contributed by atoms with Gasteiger partial charge in [0.25, 0.3) is 0 Å². The van der Waals surface area contributed by atoms with Crippen LogP contribution in [-0.2, 0) is 0 Å². The average molecular weight is 325 g/mol. The SMILES string of the molecule is O=C(c1cc2ccc(F)cc2s1)c1ccc(Cl)cc1Cl. The first kappa shape index (κ1) is 13.6. The van der Waals surface area contributed by atoms with Gasteiger partial charge in [-0.3, -0.25) is 4.79 Å². The standard InChI is InChI=1S/C15H7Cl2FOS/c16-9-2-4-11(12(17)6-9)15(19)14-5-8-1-3-10(18)7-13(8)20-14/h1-7H. The van der Waals surface area contributed by atoms with Gasteiger partial charge in [0, 0.05) is 15.3 Å². The summed E-state index contributed by atoms with van der Waals surface area (Å²) in [6.45, 7) is 0. The average Bonchev–Trinajstić information content (AvgIpc) is 2.81. The van der Waals surface area contributed by atoms with Crippen LogP contribution in [0.1, 0.15) is 15.2 Å². The summed E-state index contributed by atoms with van der Waals surface area (Å²) in [5.74, 6) is -0.504. The number of carbonyl (C=O) groups is 1. The van der Waals surface area contributed by atoms with Gasteiger partial charge in [0.15, 0.2) is 0 Å². The monoisotopic (exact) mass is 324 g/mol. The molecule has 0 radical (unpaired) electrons. The van der Waals surface area contributed by atoms with Crippen molar-refractivity contribution in [3.05, 3.63) is 68.8 Å². The molecule has 2 aromatic carbocycles. The third-order valence-corrected chi connectivity index (χ3v) is 4.53. The Hall–Kier alpha value is -1.42. The van der Waals surface area contributed by atoms with Crippen LogP contribution in [-0.4, -0.2) is 5.78 Å². The molecule has 0 aliphatic carbocycles. The zero-order chi connectivity index (χ0) is 14.3. The van der Waals surface area contributed by atoms with Crippen molar-refractivity contribution in [2.75, 3.05) is 0 Å². The molecule has 0 amide bonds. The summed E-state index contributed by atoms with van der Waals surface area (Å²) in [5.41, 5.74) is 0.392. The highest BCUT2D eigenvalue weighted by Crippen LogP contribution is 2.30. The van der Waals surface area contributed by atoms with Crippen molar-refractivity contribution in [2.24, 2.45) is 0 Å². The van der Waals surface area contributed by atoms with Gasteiger partial charge in [-0.1, -0.05) is 29.3 Å². The molecule has 0 N–H and O–H groups in total. The van der Waals surface area contributed by atoms with Crippen molar-refractivity contribution in [3.8, 4) is 0 Å². The zero-order valence-electron chi connectivity index (χ0n) is 9.99. The number of carbonyl (C=O) groups excluding carboxylic acids is 1. The fourth-order valence-corrected chi connectivity index (χ4v) is 3.46. The molecule has 0 atom stereocenters. The number of benzene rings is 2. The number of thiophene rings is 1. The highest BCUT2D eigenvalue weighted by atomic mass is 35.5. The topological polar surface area (TPSA) is 17.1 Å². The Morgan fingerprint density at radius 2 is 1.85 bits per heavy atom. The van der Waals surface area contributed by atoms with E-state index >= 15 is 0 Å². The van der Waals surface area contributed by atoms with Crippen molar-refractivity contribution in [2.45, 2.75) is 0 Å². The Morgan fingerprint density at radius 1 is 1.05 bits per heavy atom. The summed E-state index contributed by atoms with van der Waals surface area (Å²) in [6, 6.07) is 10.9. The number of hydrogen-bond acceptors (Lipinski definition) is 2. The smallest absolute Gasteiger partial charge is 0.204 e. The molecular weight excluding hydrogens is 318 g/mol. The highest BCUT2D eigenvalue weighted by Gasteiger charge is 2.16. The molecular formula is C15H7Cl2FOS. The molecule has 1 aromatic heterocycles. The van der Waals surface area contributed by atoms with E-state index in [4.69, 9.17) is 23.2 Å². The van der Waals surface area contributed by atoms with Crippen LogP contribution in [0.3, 0.4) is 0 Å². The minimum atomic E-state index is -0.317. The van der Waals surface area contributed by atoms with Crippen LogP contribution >= 0.6 is 34.5 Å². The van der Waals surface area contributed by atoms with Gasteiger partial charge in [-0.25, -0.2) is 4.39 Å². The van der Waals surface area contributed by atoms with Crippen molar-refractivity contribution in [1.82, 2.24) is 0 Å². The maximum Gasteiger partial charge on any atom is 0.204 e. The molecule has 100 valence electrons. The molecule has 0 aliphatic heterocycles. The molecule has 0 bridgehead atoms. The van der Waals surface area contributed by atoms with Crippen molar-refractivity contribution in [3.63, 3.8) is 0 Å². The van der Waals surface area contributed by atoms with Crippen LogP contribution in [0.5, 0.6) is 0 Å². The number of halogens is 3. The summed E-state index contributed by atoms with van der Waals surface area (Å²) in [5, 5.41) is 1.63. The molecule has 0 aliphatic rings. The minimum absolute atomic E-state index is 0.187. The Balaban J connectivity index is 2.08. The number of fused-ring (bicyclic) bond motifs is 1. The Bertz CT molecular complexity index is 826. The number of rotatable bonds is 2. The minimum Gasteiger partial charge on any atom is -0.288 e. The predicted molar refractivity (Wildman–Crippen MR) is 81.7 cm³/mol. The van der Waals surface area contributed by atoms with E-state index in [-0.39, 0.29) is 11.6 Å². The van der Waals surface area contributed by atoms with Gasteiger partial charge < -0.3 is 0 Å². The summed E-state index contributed by atoms with van der Waals surface area (Å²) in [7, 11) is 0. The lowest BCUT2D eigenvalue weighted by Crippen LogP contribution is -1.99. The van der Waals surface area contributed by atoms with Gasteiger partial charge in [-0.2, -0.15) is 0 Å². The van der Waals surface area contributed by atoms with E-state index in [2.05, 4.69) is 0 Å². The lowest BCUT2D eigenvalue weighted by atomic mass is 10.1. The van der Waals surface area contributed by atoms with Crippen molar-refractivity contribution < 1.29 is 9.18 Å². The van der Waals surface area contributed by atoms with Crippen LogP contribution in [0.25, 0.3) is 10.1 Å². The van der Waals surface area contributed by atoms with Gasteiger partial charge in [0.1, 0.15) is 5.82 Å². The van der Waals surface area contributed by atoms with E-state index in [0.717, 1.165) is 10.1 Å². The van der Waals surface area contributed by atoms with E-state index < -0.39 is 0 Å². The molecule has 1 heterocycles. The Labute approximate surface area is 128 Å². The van der Waals surface area contributed by atoms with Gasteiger partial charge >= 0.3 is 0 Å². The first-order chi connectivity index (χ1) is 9.54. The van der Waals surface area contributed by atoms with E-state index in [0.29, 0.717) is 20.5 Å². The second-order valence-corrected chi connectivity index (χ2v) is 6.17. The second-order valence-electron chi connectivity index (χ2n) is 4.25. The van der Waals surface area contributed by atoms with Crippen LogP contribution in [0.15, 0.2) is 42.5 Å². The van der Waals surface area contributed by atoms with Gasteiger partial charge in [0.05, 0.1) is 9.90 Å². The lowest BCUT2D eigenvalue weighted by Gasteiger charge is -2.01. The molecule has 0 fully saturated rings. The number of ketones is 1. The van der Waals surface area contributed by atoms with Crippen LogP contribution < -0.4 is 0 Å². The summed E-state index contributed by atoms with van der Waals surface area (Å²) in [6.07, 6.45) is 0. The van der Waals surface area contributed by atoms with Crippen molar-refractivity contribution >= 4 is 50.4 Å². The molecule has 0 saturated heterocycles. The van der Waals surface area contributed by atoms with Gasteiger partial charge in [-0.15, -0.1) is 11.3 Å². The van der Waals surface area contributed by atoms with E-state index in [1.165, 1.54) is 29.5 Å². The van der Waals surface area contributed by atoms with Gasteiger partial charge in [0.2, 0.25) is 5.78 Å². The molecule has 3 rings (SSSR count). The highest BCUT2D eigenvalue weighted by molar-refractivity contribution is 7.21. The third-order valence-electron chi connectivity index (χ3n) is 2.88.